The number of aliphatic imine (C=N–C) groups is 1. The Morgan fingerprint density at radius 2 is 2.00 bits per heavy atom. The molecule has 0 unspecified atom stereocenters. The van der Waals surface area contributed by atoms with Gasteiger partial charge in [0, 0.05) is 11.6 Å². The lowest BCUT2D eigenvalue weighted by Gasteiger charge is -2.25. The van der Waals surface area contributed by atoms with E-state index in [1.807, 2.05) is 5.01 Å². The lowest BCUT2D eigenvalue weighted by molar-refractivity contribution is -0.757. The van der Waals surface area contributed by atoms with Crippen LogP contribution >= 0.6 is 11.6 Å². The van der Waals surface area contributed by atoms with Crippen LogP contribution in [0.3, 0.4) is 0 Å². The zero-order chi connectivity index (χ0) is 14.7. The molecule has 1 aromatic rings. The van der Waals surface area contributed by atoms with Gasteiger partial charge in [0.25, 0.3) is 0 Å². The summed E-state index contributed by atoms with van der Waals surface area (Å²) in [5, 5.41) is 18.2. The van der Waals surface area contributed by atoms with Gasteiger partial charge in [-0.1, -0.05) is 19.3 Å². The van der Waals surface area contributed by atoms with E-state index in [4.69, 9.17) is 20.9 Å². The number of hydrogen-bond acceptors (Lipinski definition) is 6. The summed E-state index contributed by atoms with van der Waals surface area (Å²) in [4.78, 5) is 5.47. The second-order valence-electron chi connectivity index (χ2n) is 5.41. The van der Waals surface area contributed by atoms with Crippen LogP contribution in [0.4, 0.5) is 5.88 Å². The van der Waals surface area contributed by atoms with Crippen molar-refractivity contribution in [3.63, 3.8) is 0 Å². The SMILES string of the molecule is [O-]C(=Nc1on[n+](N2CCOCC2)c1Cl)C1CCCCC1. The average molecular weight is 315 g/mol. The van der Waals surface area contributed by atoms with Crippen LogP contribution < -0.4 is 14.9 Å². The normalized spacial score (nSPS) is 21.8. The van der Waals surface area contributed by atoms with Crippen molar-refractivity contribution < 1.29 is 19.2 Å². The summed E-state index contributed by atoms with van der Waals surface area (Å²) < 4.78 is 10.4. The van der Waals surface area contributed by atoms with Gasteiger partial charge in [-0.15, -0.1) is 5.01 Å². The molecule has 0 atom stereocenters. The second kappa shape index (κ2) is 6.62. The van der Waals surface area contributed by atoms with Crippen LogP contribution in [0.25, 0.3) is 0 Å². The van der Waals surface area contributed by atoms with Gasteiger partial charge >= 0.3 is 11.0 Å². The van der Waals surface area contributed by atoms with Gasteiger partial charge in [-0.05, 0) is 24.7 Å². The van der Waals surface area contributed by atoms with Gasteiger partial charge in [0.15, 0.2) is 0 Å². The standard InChI is InChI=1S/C13H19ClN4O3/c14-11-13(15-12(19)10-4-2-1-3-5-10)21-16-18(11)17-6-8-20-9-7-17/h10H,1-9H2. The highest BCUT2D eigenvalue weighted by atomic mass is 35.5. The minimum atomic E-state index is -0.151. The summed E-state index contributed by atoms with van der Waals surface area (Å²) in [5.74, 6) is -0.0580. The van der Waals surface area contributed by atoms with E-state index in [1.165, 1.54) is 11.2 Å². The van der Waals surface area contributed by atoms with Crippen molar-refractivity contribution >= 4 is 23.4 Å². The second-order valence-corrected chi connectivity index (χ2v) is 5.77. The summed E-state index contributed by atoms with van der Waals surface area (Å²) in [6.07, 6.45) is 5.17. The molecule has 1 aromatic heterocycles. The van der Waals surface area contributed by atoms with E-state index in [9.17, 15) is 5.11 Å². The quantitative estimate of drug-likeness (QED) is 0.463. The largest absolute Gasteiger partial charge is 0.861 e. The van der Waals surface area contributed by atoms with Gasteiger partial charge in [0.1, 0.15) is 0 Å². The Morgan fingerprint density at radius 1 is 1.29 bits per heavy atom. The fourth-order valence-electron chi connectivity index (χ4n) is 2.76. The molecule has 1 aliphatic carbocycles. The van der Waals surface area contributed by atoms with Crippen molar-refractivity contribution in [2.75, 3.05) is 31.3 Å². The number of morpholine rings is 1. The van der Waals surface area contributed by atoms with Crippen LogP contribution in [-0.2, 0) is 4.74 Å². The Morgan fingerprint density at radius 3 is 2.71 bits per heavy atom. The summed E-state index contributed by atoms with van der Waals surface area (Å²) in [5.41, 5.74) is 0. The average Bonchev–Trinajstić information content (AvgIpc) is 2.90. The van der Waals surface area contributed by atoms with E-state index in [2.05, 4.69) is 10.3 Å². The van der Waals surface area contributed by atoms with Crippen LogP contribution in [-0.4, -0.2) is 37.5 Å². The summed E-state index contributed by atoms with van der Waals surface area (Å²) in [7, 11) is 0. The number of aromatic nitrogens is 2. The molecule has 116 valence electrons. The number of halogens is 1. The van der Waals surface area contributed by atoms with E-state index < -0.39 is 0 Å². The van der Waals surface area contributed by atoms with E-state index in [0.29, 0.717) is 26.3 Å². The molecule has 7 nitrogen and oxygen atoms in total. The van der Waals surface area contributed by atoms with E-state index >= 15 is 0 Å². The molecule has 3 rings (SSSR count). The van der Waals surface area contributed by atoms with Gasteiger partial charge < -0.3 is 9.84 Å². The maximum atomic E-state index is 12.1. The van der Waals surface area contributed by atoms with Gasteiger partial charge in [0.05, 0.1) is 31.1 Å². The van der Waals surface area contributed by atoms with E-state index in [0.717, 1.165) is 25.7 Å². The minimum absolute atomic E-state index is 0.00301. The van der Waals surface area contributed by atoms with Gasteiger partial charge in [0.2, 0.25) is 5.27 Å². The van der Waals surface area contributed by atoms with Gasteiger partial charge in [-0.3, -0.25) is 4.52 Å². The van der Waals surface area contributed by atoms with Crippen LogP contribution in [0.2, 0.25) is 5.15 Å². The Hall–Kier alpha value is -1.34. The maximum Gasteiger partial charge on any atom is 0.401 e. The topological polar surface area (TPSA) is 77.8 Å². The fraction of sp³-hybridized carbons (Fsp3) is 0.769. The van der Waals surface area contributed by atoms with Crippen molar-refractivity contribution in [1.29, 1.82) is 0 Å². The molecule has 0 amide bonds. The number of hydrogen-bond donors (Lipinski definition) is 0. The van der Waals surface area contributed by atoms with E-state index in [1.54, 1.807) is 0 Å². The molecular formula is C13H19ClN4O3. The third-order valence-electron chi connectivity index (χ3n) is 3.98. The van der Waals surface area contributed by atoms with Crippen molar-refractivity contribution in [3.05, 3.63) is 5.15 Å². The van der Waals surface area contributed by atoms with E-state index in [-0.39, 0.29) is 22.9 Å². The third kappa shape index (κ3) is 3.29. The first kappa shape index (κ1) is 14.6. The molecule has 0 aromatic carbocycles. The minimum Gasteiger partial charge on any atom is -0.861 e. The highest BCUT2D eigenvalue weighted by Crippen LogP contribution is 2.26. The molecule has 8 heteroatoms. The molecule has 2 aliphatic rings. The van der Waals surface area contributed by atoms with Crippen molar-refractivity contribution in [2.45, 2.75) is 32.1 Å². The van der Waals surface area contributed by atoms with Crippen LogP contribution in [0, 0.1) is 5.92 Å². The number of rotatable bonds is 3. The molecule has 0 radical (unpaired) electrons. The Kier molecular flexibility index (Phi) is 4.60. The van der Waals surface area contributed by atoms with Crippen molar-refractivity contribution in [2.24, 2.45) is 10.9 Å². The Balaban J connectivity index is 1.74. The van der Waals surface area contributed by atoms with Crippen LogP contribution in [0.5, 0.6) is 0 Å². The summed E-state index contributed by atoms with van der Waals surface area (Å²) >= 11 is 6.22. The molecule has 1 saturated carbocycles. The summed E-state index contributed by atoms with van der Waals surface area (Å²) in [6.45, 7) is 2.58. The van der Waals surface area contributed by atoms with Crippen LogP contribution in [0.15, 0.2) is 9.52 Å². The number of ether oxygens (including phenoxy) is 1. The molecule has 1 saturated heterocycles. The molecule has 1 aliphatic heterocycles. The molecular weight excluding hydrogens is 296 g/mol. The summed E-state index contributed by atoms with van der Waals surface area (Å²) in [6, 6.07) is 0. The molecule has 21 heavy (non-hydrogen) atoms. The highest BCUT2D eigenvalue weighted by Gasteiger charge is 2.30. The Labute approximate surface area is 128 Å². The van der Waals surface area contributed by atoms with Crippen LogP contribution in [0.1, 0.15) is 32.1 Å². The van der Waals surface area contributed by atoms with Gasteiger partial charge in [-0.2, -0.15) is 0 Å². The molecule has 2 heterocycles. The first-order chi connectivity index (χ1) is 10.3. The predicted octanol–water partition coefficient (Wildman–Crippen LogP) is 0.554. The van der Waals surface area contributed by atoms with Crippen molar-refractivity contribution in [3.8, 4) is 0 Å². The van der Waals surface area contributed by atoms with Crippen molar-refractivity contribution in [1.82, 2.24) is 5.27 Å². The molecule has 2 fully saturated rings. The predicted molar refractivity (Wildman–Crippen MR) is 74.1 cm³/mol. The monoisotopic (exact) mass is 314 g/mol. The zero-order valence-electron chi connectivity index (χ0n) is 11.8. The Bertz CT molecular complexity index is 508. The molecule has 0 bridgehead atoms. The number of nitrogens with zero attached hydrogens (tertiary/aromatic N) is 4. The highest BCUT2D eigenvalue weighted by molar-refractivity contribution is 6.30. The third-order valence-corrected chi connectivity index (χ3v) is 4.29. The fourth-order valence-corrected chi connectivity index (χ4v) is 2.98. The first-order valence-electron chi connectivity index (χ1n) is 7.42. The molecule has 0 N–H and O–H groups in total. The molecule has 0 spiro atoms. The first-order valence-corrected chi connectivity index (χ1v) is 7.79. The maximum absolute atomic E-state index is 12.1. The smallest absolute Gasteiger partial charge is 0.401 e. The van der Waals surface area contributed by atoms with Gasteiger partial charge in [-0.25, -0.2) is 4.99 Å². The lowest BCUT2D eigenvalue weighted by Crippen LogP contribution is -2.63. The zero-order valence-corrected chi connectivity index (χ0v) is 12.6. The lowest BCUT2D eigenvalue weighted by atomic mass is 9.89.